The van der Waals surface area contributed by atoms with Crippen molar-refractivity contribution in [1.29, 1.82) is 0 Å². The van der Waals surface area contributed by atoms with Gasteiger partial charge in [0, 0.05) is 6.20 Å². The summed E-state index contributed by atoms with van der Waals surface area (Å²) in [6, 6.07) is 1.01. The van der Waals surface area contributed by atoms with Crippen molar-refractivity contribution in [2.75, 3.05) is 5.73 Å². The molecule has 0 amide bonds. The fourth-order valence-electron chi connectivity index (χ4n) is 0.783. The van der Waals surface area contributed by atoms with E-state index in [1.54, 1.807) is 0 Å². The number of halogens is 4. The van der Waals surface area contributed by atoms with Gasteiger partial charge in [-0.25, -0.2) is 9.36 Å². The SMILES string of the molecule is Nc1ccn(/C(F)=C/C(F)(F)F)c(=O)n1. The fourth-order valence-corrected chi connectivity index (χ4v) is 0.783. The molecule has 1 heterocycles. The normalized spacial score (nSPS) is 12.9. The molecular weight excluding hydrogens is 218 g/mol. The zero-order chi connectivity index (χ0) is 11.6. The van der Waals surface area contributed by atoms with Gasteiger partial charge in [-0.1, -0.05) is 0 Å². The number of hydrogen-bond acceptors (Lipinski definition) is 3. The largest absolute Gasteiger partial charge is 0.414 e. The first-order chi connectivity index (χ1) is 6.79. The van der Waals surface area contributed by atoms with E-state index in [1.165, 1.54) is 0 Å². The Morgan fingerprint density at radius 3 is 2.60 bits per heavy atom. The zero-order valence-corrected chi connectivity index (χ0v) is 7.12. The second-order valence-electron chi connectivity index (χ2n) is 2.51. The lowest BCUT2D eigenvalue weighted by Crippen LogP contribution is -2.22. The zero-order valence-electron chi connectivity index (χ0n) is 7.12. The van der Waals surface area contributed by atoms with E-state index in [1.807, 2.05) is 0 Å². The van der Waals surface area contributed by atoms with Crippen molar-refractivity contribution < 1.29 is 17.6 Å². The maximum absolute atomic E-state index is 12.8. The topological polar surface area (TPSA) is 60.9 Å². The van der Waals surface area contributed by atoms with Crippen molar-refractivity contribution in [3.63, 3.8) is 0 Å². The van der Waals surface area contributed by atoms with E-state index in [9.17, 15) is 22.4 Å². The van der Waals surface area contributed by atoms with E-state index in [4.69, 9.17) is 5.73 Å². The predicted octanol–water partition coefficient (Wildman–Crippen LogP) is 1.16. The lowest BCUT2D eigenvalue weighted by atomic mass is 10.5. The molecule has 0 fully saturated rings. The van der Waals surface area contributed by atoms with Gasteiger partial charge in [0.25, 0.3) is 0 Å². The summed E-state index contributed by atoms with van der Waals surface area (Å²) in [5.74, 6) is -1.96. The van der Waals surface area contributed by atoms with E-state index in [2.05, 4.69) is 4.98 Å². The number of rotatable bonds is 1. The van der Waals surface area contributed by atoms with Crippen LogP contribution in [0, 0.1) is 0 Å². The Hall–Kier alpha value is -1.86. The molecule has 8 heteroatoms. The van der Waals surface area contributed by atoms with Crippen LogP contribution in [0.3, 0.4) is 0 Å². The second-order valence-corrected chi connectivity index (χ2v) is 2.51. The molecule has 0 aliphatic rings. The maximum atomic E-state index is 12.8. The molecule has 0 saturated heterocycles. The molecule has 0 saturated carbocycles. The van der Waals surface area contributed by atoms with Crippen molar-refractivity contribution in [2.45, 2.75) is 6.18 Å². The molecule has 1 aromatic heterocycles. The molecule has 1 aromatic rings. The molecule has 0 aliphatic carbocycles. The molecular formula is C7H5F4N3O. The van der Waals surface area contributed by atoms with Crippen LogP contribution < -0.4 is 11.4 Å². The molecule has 2 N–H and O–H groups in total. The first-order valence-electron chi connectivity index (χ1n) is 3.60. The van der Waals surface area contributed by atoms with Crippen LogP contribution in [0.15, 0.2) is 23.1 Å². The minimum atomic E-state index is -4.84. The lowest BCUT2D eigenvalue weighted by Gasteiger charge is -2.03. The summed E-state index contributed by atoms with van der Waals surface area (Å²) in [6.45, 7) is 0. The summed E-state index contributed by atoms with van der Waals surface area (Å²) in [5.41, 5.74) is 3.85. The van der Waals surface area contributed by atoms with Crippen LogP contribution in [0.1, 0.15) is 0 Å². The summed E-state index contributed by atoms with van der Waals surface area (Å²) in [6.07, 6.45) is -4.72. The maximum Gasteiger partial charge on any atom is 0.414 e. The van der Waals surface area contributed by atoms with Crippen LogP contribution in [0.2, 0.25) is 0 Å². The van der Waals surface area contributed by atoms with Crippen molar-refractivity contribution >= 4 is 11.8 Å². The Bertz CT molecular complexity index is 448. The molecule has 0 aromatic carbocycles. The van der Waals surface area contributed by atoms with E-state index in [-0.39, 0.29) is 10.4 Å². The number of nitrogen functional groups attached to an aromatic ring is 1. The molecule has 1 rings (SSSR count). The van der Waals surface area contributed by atoms with Crippen LogP contribution >= 0.6 is 0 Å². The highest BCUT2D eigenvalue weighted by molar-refractivity contribution is 5.38. The van der Waals surface area contributed by atoms with Gasteiger partial charge in [-0.15, -0.1) is 0 Å². The van der Waals surface area contributed by atoms with E-state index >= 15 is 0 Å². The molecule has 0 bridgehead atoms. The fraction of sp³-hybridized carbons (Fsp3) is 0.143. The highest BCUT2D eigenvalue weighted by atomic mass is 19.4. The monoisotopic (exact) mass is 223 g/mol. The molecule has 0 unspecified atom stereocenters. The first kappa shape index (κ1) is 11.2. The van der Waals surface area contributed by atoms with Crippen LogP contribution in [-0.4, -0.2) is 15.7 Å². The van der Waals surface area contributed by atoms with E-state index in [0.29, 0.717) is 0 Å². The van der Waals surface area contributed by atoms with Gasteiger partial charge in [0.1, 0.15) is 5.82 Å². The molecule has 0 spiro atoms. The number of hydrogen-bond donors (Lipinski definition) is 1. The van der Waals surface area contributed by atoms with Crippen molar-refractivity contribution in [2.24, 2.45) is 0 Å². The lowest BCUT2D eigenvalue weighted by molar-refractivity contribution is -0.0801. The number of nitrogens with zero attached hydrogens (tertiary/aromatic N) is 2. The number of aromatic nitrogens is 2. The Kier molecular flexibility index (Phi) is 2.78. The van der Waals surface area contributed by atoms with E-state index < -0.39 is 23.9 Å². The summed E-state index contributed by atoms with van der Waals surface area (Å²) in [7, 11) is 0. The molecule has 82 valence electrons. The van der Waals surface area contributed by atoms with Crippen molar-refractivity contribution in [1.82, 2.24) is 9.55 Å². The summed E-state index contributed by atoms with van der Waals surface area (Å²) in [5, 5.41) is 0. The van der Waals surface area contributed by atoms with Gasteiger partial charge in [0.15, 0.2) is 0 Å². The Morgan fingerprint density at radius 2 is 2.13 bits per heavy atom. The quantitative estimate of drug-likeness (QED) is 0.726. The smallest absolute Gasteiger partial charge is 0.383 e. The van der Waals surface area contributed by atoms with Gasteiger partial charge in [0.2, 0.25) is 5.95 Å². The number of nitrogens with two attached hydrogens (primary N) is 1. The minimum Gasteiger partial charge on any atom is -0.383 e. The third-order valence-electron chi connectivity index (χ3n) is 1.34. The van der Waals surface area contributed by atoms with Crippen LogP contribution in [-0.2, 0) is 0 Å². The highest BCUT2D eigenvalue weighted by Gasteiger charge is 2.25. The Balaban J connectivity index is 3.18. The Morgan fingerprint density at radius 1 is 1.53 bits per heavy atom. The second kappa shape index (κ2) is 3.71. The van der Waals surface area contributed by atoms with Crippen LogP contribution in [0.4, 0.5) is 23.4 Å². The number of allylic oxidation sites excluding steroid dienone is 1. The summed E-state index contributed by atoms with van der Waals surface area (Å²) >= 11 is 0. The number of alkyl halides is 3. The third kappa shape index (κ3) is 3.08. The van der Waals surface area contributed by atoms with Gasteiger partial charge in [-0.05, 0) is 6.07 Å². The first-order valence-corrected chi connectivity index (χ1v) is 3.60. The molecule has 0 atom stereocenters. The van der Waals surface area contributed by atoms with Gasteiger partial charge in [0.05, 0.1) is 6.08 Å². The highest BCUT2D eigenvalue weighted by Crippen LogP contribution is 2.20. The Labute approximate surface area is 80.6 Å². The van der Waals surface area contributed by atoms with Crippen LogP contribution in [0.5, 0.6) is 0 Å². The molecule has 0 radical (unpaired) electrons. The summed E-state index contributed by atoms with van der Waals surface area (Å²) in [4.78, 5) is 14.0. The predicted molar refractivity (Wildman–Crippen MR) is 44.3 cm³/mol. The molecule has 15 heavy (non-hydrogen) atoms. The minimum absolute atomic E-state index is 0.101. The number of anilines is 1. The van der Waals surface area contributed by atoms with Gasteiger partial charge in [-0.2, -0.15) is 22.5 Å². The average molecular weight is 223 g/mol. The molecule has 4 nitrogen and oxygen atoms in total. The van der Waals surface area contributed by atoms with Crippen LogP contribution in [0.25, 0.3) is 5.95 Å². The van der Waals surface area contributed by atoms with Gasteiger partial charge in [-0.3, -0.25) is 0 Å². The standard InChI is InChI=1S/C7H5F4N3O/c8-4(3-7(9,10)11)14-2-1-5(12)13-6(14)15/h1-3H,(H2,12,13,15)/b4-3+. The van der Waals surface area contributed by atoms with Crippen molar-refractivity contribution in [3.8, 4) is 0 Å². The average Bonchev–Trinajstić information content (AvgIpc) is 1.99. The third-order valence-corrected chi connectivity index (χ3v) is 1.34. The summed E-state index contributed by atoms with van der Waals surface area (Å²) < 4.78 is 48.1. The van der Waals surface area contributed by atoms with E-state index in [0.717, 1.165) is 12.3 Å². The molecule has 0 aliphatic heterocycles. The van der Waals surface area contributed by atoms with Gasteiger partial charge < -0.3 is 5.73 Å². The van der Waals surface area contributed by atoms with Crippen molar-refractivity contribution in [3.05, 3.63) is 28.8 Å². The van der Waals surface area contributed by atoms with Gasteiger partial charge >= 0.3 is 11.9 Å².